The zero-order valence-electron chi connectivity index (χ0n) is 5.22. The Morgan fingerprint density at radius 3 is 2.36 bits per heavy atom. The highest BCUT2D eigenvalue weighted by molar-refractivity contribution is 8.14. The number of nitrogens with zero attached hydrogens (tertiary/aromatic N) is 1. The van der Waals surface area contributed by atoms with Gasteiger partial charge >= 0.3 is 6.18 Å². The molecule has 0 radical (unpaired) electrons. The minimum Gasteiger partial charge on any atom is -0.378 e. The van der Waals surface area contributed by atoms with E-state index in [4.69, 9.17) is 10.8 Å². The van der Waals surface area contributed by atoms with Crippen LogP contribution in [0.2, 0.25) is 0 Å². The van der Waals surface area contributed by atoms with Crippen LogP contribution in [0.4, 0.5) is 13.2 Å². The second kappa shape index (κ2) is 2.28. The number of amidine groups is 1. The molecule has 0 aliphatic carbocycles. The van der Waals surface area contributed by atoms with E-state index in [9.17, 15) is 13.2 Å². The maximum absolute atomic E-state index is 11.9. The Hall–Kier alpha value is -0.430. The van der Waals surface area contributed by atoms with Gasteiger partial charge in [-0.2, -0.15) is 13.2 Å². The smallest absolute Gasteiger partial charge is 0.378 e. The largest absolute Gasteiger partial charge is 0.439 e. The number of nitrogens with two attached hydrogens (primary N) is 1. The highest BCUT2D eigenvalue weighted by atomic mass is 32.2. The van der Waals surface area contributed by atoms with E-state index in [0.29, 0.717) is 11.8 Å². The summed E-state index contributed by atoms with van der Waals surface area (Å²) in [7, 11) is 0. The molecule has 1 unspecified atom stereocenters. The maximum Gasteiger partial charge on any atom is 0.439 e. The van der Waals surface area contributed by atoms with E-state index in [1.165, 1.54) is 0 Å². The van der Waals surface area contributed by atoms with Crippen molar-refractivity contribution in [2.75, 3.05) is 5.75 Å². The molecule has 0 aromatic carbocycles. The van der Waals surface area contributed by atoms with Crippen LogP contribution < -0.4 is 5.73 Å². The third-order valence-corrected chi connectivity index (χ3v) is 2.10. The van der Waals surface area contributed by atoms with Crippen molar-refractivity contribution < 1.29 is 18.3 Å². The fraction of sp³-hybridized carbons (Fsp3) is 0.750. The van der Waals surface area contributed by atoms with Crippen LogP contribution >= 0.6 is 11.8 Å². The molecular formula is C4H5F3N2OS. The van der Waals surface area contributed by atoms with E-state index in [1.807, 2.05) is 0 Å². The van der Waals surface area contributed by atoms with Crippen molar-refractivity contribution in [3.63, 3.8) is 0 Å². The molecule has 0 amide bonds. The lowest BCUT2D eigenvalue weighted by atomic mass is 10.3. The molecule has 0 spiro atoms. The molecule has 3 N–H and O–H groups in total. The van der Waals surface area contributed by atoms with Gasteiger partial charge in [0.05, 0.1) is 5.75 Å². The maximum atomic E-state index is 11.9. The summed E-state index contributed by atoms with van der Waals surface area (Å²) in [5.41, 5.74) is 1.99. The first-order valence-electron chi connectivity index (χ1n) is 2.62. The van der Waals surface area contributed by atoms with Crippen LogP contribution in [-0.4, -0.2) is 27.9 Å². The fourth-order valence-electron chi connectivity index (χ4n) is 0.567. The molecule has 7 heteroatoms. The lowest BCUT2D eigenvalue weighted by Gasteiger charge is -2.20. The summed E-state index contributed by atoms with van der Waals surface area (Å²) in [5.74, 6) is -0.553. The summed E-state index contributed by atoms with van der Waals surface area (Å²) < 4.78 is 35.7. The molecule has 11 heavy (non-hydrogen) atoms. The Balaban J connectivity index is 2.86. The van der Waals surface area contributed by atoms with Gasteiger partial charge in [0.2, 0.25) is 0 Å². The minimum atomic E-state index is -4.73. The second-order valence-electron chi connectivity index (χ2n) is 2.05. The fourth-order valence-corrected chi connectivity index (χ4v) is 1.36. The van der Waals surface area contributed by atoms with Gasteiger partial charge in [0.25, 0.3) is 5.72 Å². The number of halogens is 3. The lowest BCUT2D eigenvalue weighted by molar-refractivity contribution is -0.245. The van der Waals surface area contributed by atoms with Gasteiger partial charge < -0.3 is 10.8 Å². The summed E-state index contributed by atoms with van der Waals surface area (Å²) in [4.78, 5) is 2.88. The molecular weight excluding hydrogens is 181 g/mol. The third kappa shape index (κ3) is 1.43. The van der Waals surface area contributed by atoms with Gasteiger partial charge in [-0.25, -0.2) is 4.99 Å². The number of alkyl halides is 3. The van der Waals surface area contributed by atoms with Gasteiger partial charge in [-0.3, -0.25) is 0 Å². The Labute approximate surface area is 64.5 Å². The van der Waals surface area contributed by atoms with Crippen LogP contribution in [-0.2, 0) is 0 Å². The molecule has 3 nitrogen and oxygen atoms in total. The normalized spacial score (nSPS) is 32.2. The van der Waals surface area contributed by atoms with Gasteiger partial charge in [-0.05, 0) is 0 Å². The molecule has 0 aromatic rings. The van der Waals surface area contributed by atoms with E-state index in [1.54, 1.807) is 0 Å². The highest BCUT2D eigenvalue weighted by Gasteiger charge is 2.56. The highest BCUT2D eigenvalue weighted by Crippen LogP contribution is 2.38. The van der Waals surface area contributed by atoms with Crippen molar-refractivity contribution in [3.05, 3.63) is 0 Å². The summed E-state index contributed by atoms with van der Waals surface area (Å²) in [6, 6.07) is 0. The number of hydrogen-bond acceptors (Lipinski definition) is 4. The van der Waals surface area contributed by atoms with Crippen LogP contribution in [0.15, 0.2) is 4.99 Å². The molecule has 0 bridgehead atoms. The molecule has 1 rings (SSSR count). The summed E-state index contributed by atoms with van der Waals surface area (Å²) in [6.45, 7) is 0. The van der Waals surface area contributed by atoms with Crippen LogP contribution in [0.3, 0.4) is 0 Å². The predicted octanol–water partition coefficient (Wildman–Crippen LogP) is 0.299. The van der Waals surface area contributed by atoms with Crippen LogP contribution in [0.25, 0.3) is 0 Å². The summed E-state index contributed by atoms with van der Waals surface area (Å²) in [6.07, 6.45) is -4.73. The Morgan fingerprint density at radius 2 is 2.18 bits per heavy atom. The summed E-state index contributed by atoms with van der Waals surface area (Å²) in [5, 5.41) is 8.55. The van der Waals surface area contributed by atoms with Crippen molar-refractivity contribution in [3.8, 4) is 0 Å². The SMILES string of the molecule is NC1=NC(O)(C(F)(F)F)CS1. The van der Waals surface area contributed by atoms with E-state index in [-0.39, 0.29) is 5.17 Å². The van der Waals surface area contributed by atoms with E-state index >= 15 is 0 Å². The Kier molecular flexibility index (Phi) is 1.79. The van der Waals surface area contributed by atoms with Crippen LogP contribution in [0, 0.1) is 0 Å². The Bertz CT molecular complexity index is 204. The molecule has 0 saturated carbocycles. The third-order valence-electron chi connectivity index (χ3n) is 1.17. The minimum absolute atomic E-state index is 0.232. The zero-order chi connectivity index (χ0) is 8.70. The molecule has 0 fully saturated rings. The average Bonchev–Trinajstić information content (AvgIpc) is 2.10. The molecule has 64 valence electrons. The van der Waals surface area contributed by atoms with Crippen molar-refractivity contribution in [2.24, 2.45) is 10.7 Å². The molecule has 1 heterocycles. The van der Waals surface area contributed by atoms with Crippen molar-refractivity contribution in [1.82, 2.24) is 0 Å². The van der Waals surface area contributed by atoms with E-state index < -0.39 is 17.7 Å². The van der Waals surface area contributed by atoms with E-state index in [0.717, 1.165) is 0 Å². The monoisotopic (exact) mass is 186 g/mol. The zero-order valence-corrected chi connectivity index (χ0v) is 6.04. The van der Waals surface area contributed by atoms with Crippen LogP contribution in [0.1, 0.15) is 0 Å². The number of thioether (sulfide) groups is 1. The first-order chi connectivity index (χ1) is 4.85. The average molecular weight is 186 g/mol. The quantitative estimate of drug-likeness (QED) is 0.572. The number of aliphatic hydroxyl groups is 1. The van der Waals surface area contributed by atoms with Crippen molar-refractivity contribution >= 4 is 16.9 Å². The van der Waals surface area contributed by atoms with Gasteiger partial charge in [0.1, 0.15) is 0 Å². The standard InChI is InChI=1S/C4H5F3N2OS/c5-4(6,7)3(10)1-11-2(8)9-3/h10H,1H2,(H2,8,9). The second-order valence-corrected chi connectivity index (χ2v) is 3.05. The van der Waals surface area contributed by atoms with Crippen LogP contribution in [0.5, 0.6) is 0 Å². The van der Waals surface area contributed by atoms with Gasteiger partial charge in [-0.1, -0.05) is 11.8 Å². The number of rotatable bonds is 0. The van der Waals surface area contributed by atoms with Crippen molar-refractivity contribution in [2.45, 2.75) is 11.9 Å². The molecule has 1 atom stereocenters. The molecule has 1 aliphatic rings. The molecule has 0 aromatic heterocycles. The van der Waals surface area contributed by atoms with E-state index in [2.05, 4.69) is 4.99 Å². The summed E-state index contributed by atoms with van der Waals surface area (Å²) >= 11 is 0.689. The predicted molar refractivity (Wildman–Crippen MR) is 35.1 cm³/mol. The molecule has 1 aliphatic heterocycles. The topological polar surface area (TPSA) is 58.6 Å². The first-order valence-corrected chi connectivity index (χ1v) is 3.61. The first kappa shape index (κ1) is 8.66. The molecule has 0 saturated heterocycles. The Morgan fingerprint density at radius 1 is 1.64 bits per heavy atom. The van der Waals surface area contributed by atoms with Crippen molar-refractivity contribution in [1.29, 1.82) is 0 Å². The number of hydrogen-bond donors (Lipinski definition) is 2. The number of aliphatic imine (C=N–C) groups is 1. The lowest BCUT2D eigenvalue weighted by Crippen LogP contribution is -2.43. The van der Waals surface area contributed by atoms with Gasteiger partial charge in [0, 0.05) is 0 Å². The van der Waals surface area contributed by atoms with Gasteiger partial charge in [0.15, 0.2) is 5.17 Å². The van der Waals surface area contributed by atoms with Gasteiger partial charge in [-0.15, -0.1) is 0 Å².